The third-order valence-corrected chi connectivity index (χ3v) is 4.83. The van der Waals surface area contributed by atoms with Gasteiger partial charge in [0.15, 0.2) is 0 Å². The van der Waals surface area contributed by atoms with Crippen LogP contribution in [-0.4, -0.2) is 10.5 Å². The Kier molecular flexibility index (Phi) is 1.89. The number of hydrogen-bond acceptors (Lipinski definition) is 1. The molecule has 0 aliphatic heterocycles. The molecule has 3 heteroatoms. The Labute approximate surface area is 102 Å². The highest BCUT2D eigenvalue weighted by Crippen LogP contribution is 2.72. The standard InChI is InChI=1S/C12H12FIO/c1-15-10-3-8(2-9(13)4-10)11-5-12(14,6-11)7-11/h2-4H,5-7H2,1H3. The average Bonchev–Trinajstić information content (AvgIpc) is 2.10. The molecule has 0 heterocycles. The van der Waals surface area contributed by atoms with Crippen molar-refractivity contribution in [2.24, 2.45) is 0 Å². The van der Waals surface area contributed by atoms with Crippen LogP contribution in [0.4, 0.5) is 4.39 Å². The van der Waals surface area contributed by atoms with Crippen molar-refractivity contribution in [1.82, 2.24) is 0 Å². The maximum Gasteiger partial charge on any atom is 0.127 e. The van der Waals surface area contributed by atoms with Gasteiger partial charge in [0, 0.05) is 9.49 Å². The van der Waals surface area contributed by atoms with Crippen LogP contribution in [0.5, 0.6) is 5.75 Å². The third kappa shape index (κ3) is 1.31. The van der Waals surface area contributed by atoms with Gasteiger partial charge in [0.25, 0.3) is 0 Å². The quantitative estimate of drug-likeness (QED) is 0.599. The summed E-state index contributed by atoms with van der Waals surface area (Å²) in [5.41, 5.74) is 1.40. The van der Waals surface area contributed by atoms with Crippen LogP contribution in [0.1, 0.15) is 24.8 Å². The van der Waals surface area contributed by atoms with Gasteiger partial charge >= 0.3 is 0 Å². The second kappa shape index (κ2) is 2.87. The van der Waals surface area contributed by atoms with Crippen molar-refractivity contribution in [1.29, 1.82) is 0 Å². The number of rotatable bonds is 2. The fraction of sp³-hybridized carbons (Fsp3) is 0.500. The topological polar surface area (TPSA) is 9.23 Å². The van der Waals surface area contributed by atoms with Gasteiger partial charge in [0.2, 0.25) is 0 Å². The SMILES string of the molecule is COc1cc(F)cc(C23CC(I)(C2)C3)c1. The van der Waals surface area contributed by atoms with Gasteiger partial charge in [-0.2, -0.15) is 0 Å². The first-order valence-electron chi connectivity index (χ1n) is 5.09. The molecule has 0 amide bonds. The van der Waals surface area contributed by atoms with Crippen LogP contribution < -0.4 is 4.74 Å². The maximum atomic E-state index is 13.3. The Morgan fingerprint density at radius 3 is 2.47 bits per heavy atom. The monoisotopic (exact) mass is 318 g/mol. The van der Waals surface area contributed by atoms with Crippen LogP contribution in [0.15, 0.2) is 18.2 Å². The van der Waals surface area contributed by atoms with E-state index in [0.717, 1.165) is 5.56 Å². The van der Waals surface area contributed by atoms with Crippen LogP contribution in [-0.2, 0) is 5.41 Å². The van der Waals surface area contributed by atoms with Gasteiger partial charge in [0.1, 0.15) is 11.6 Å². The van der Waals surface area contributed by atoms with E-state index in [1.165, 1.54) is 25.3 Å². The zero-order chi connectivity index (χ0) is 10.7. The highest BCUT2D eigenvalue weighted by atomic mass is 127. The van der Waals surface area contributed by atoms with Crippen LogP contribution in [0.2, 0.25) is 0 Å². The van der Waals surface area contributed by atoms with Crippen LogP contribution in [0, 0.1) is 5.82 Å². The molecule has 1 nitrogen and oxygen atoms in total. The number of halogens is 2. The van der Waals surface area contributed by atoms with E-state index >= 15 is 0 Å². The zero-order valence-corrected chi connectivity index (χ0v) is 10.7. The van der Waals surface area contributed by atoms with Crippen molar-refractivity contribution in [2.75, 3.05) is 7.11 Å². The molecular formula is C12H12FIO. The second-order valence-corrected chi connectivity index (χ2v) is 7.13. The minimum atomic E-state index is -0.184. The number of alkyl halides is 1. The molecule has 0 N–H and O–H groups in total. The van der Waals surface area contributed by atoms with E-state index in [9.17, 15) is 4.39 Å². The molecule has 0 radical (unpaired) electrons. The molecule has 1 aromatic carbocycles. The second-order valence-electron chi connectivity index (χ2n) is 4.84. The first-order valence-corrected chi connectivity index (χ1v) is 6.17. The van der Waals surface area contributed by atoms with Gasteiger partial charge in [0.05, 0.1) is 7.11 Å². The summed E-state index contributed by atoms with van der Waals surface area (Å²) >= 11 is 2.53. The molecule has 4 rings (SSSR count). The minimum Gasteiger partial charge on any atom is -0.497 e. The zero-order valence-electron chi connectivity index (χ0n) is 8.52. The molecule has 3 fully saturated rings. The van der Waals surface area contributed by atoms with E-state index in [1.54, 1.807) is 13.2 Å². The number of hydrogen-bond donors (Lipinski definition) is 0. The molecule has 0 spiro atoms. The third-order valence-electron chi connectivity index (χ3n) is 3.68. The highest BCUT2D eigenvalue weighted by Gasteiger charge is 2.67. The van der Waals surface area contributed by atoms with Crippen molar-refractivity contribution in [3.05, 3.63) is 29.6 Å². The summed E-state index contributed by atoms with van der Waals surface area (Å²) in [6.07, 6.45) is 3.60. The lowest BCUT2D eigenvalue weighted by Crippen LogP contribution is -2.65. The first-order chi connectivity index (χ1) is 7.05. The Hall–Kier alpha value is -0.320. The van der Waals surface area contributed by atoms with Crippen LogP contribution in [0.25, 0.3) is 0 Å². The largest absolute Gasteiger partial charge is 0.497 e. The van der Waals surface area contributed by atoms with Crippen LogP contribution in [0.3, 0.4) is 0 Å². The molecular weight excluding hydrogens is 306 g/mol. The molecule has 80 valence electrons. The Morgan fingerprint density at radius 2 is 1.93 bits per heavy atom. The number of benzene rings is 1. The van der Waals surface area contributed by atoms with Gasteiger partial charge in [-0.3, -0.25) is 0 Å². The van der Waals surface area contributed by atoms with Crippen molar-refractivity contribution < 1.29 is 9.13 Å². The minimum absolute atomic E-state index is 0.184. The van der Waals surface area contributed by atoms with E-state index in [0.29, 0.717) is 9.17 Å². The molecule has 1 aromatic rings. The fourth-order valence-corrected chi connectivity index (χ4v) is 5.15. The summed E-state index contributed by atoms with van der Waals surface area (Å²) in [6.45, 7) is 0. The predicted octanol–water partition coefficient (Wildman–Crippen LogP) is 3.44. The number of ether oxygens (including phenoxy) is 1. The lowest BCUT2D eigenvalue weighted by atomic mass is 9.42. The summed E-state index contributed by atoms with van der Waals surface area (Å²) in [5, 5.41) is 0. The molecule has 3 aliphatic rings. The molecule has 15 heavy (non-hydrogen) atoms. The summed E-state index contributed by atoms with van der Waals surface area (Å²) in [5.74, 6) is 0.453. The van der Waals surface area contributed by atoms with Gasteiger partial charge in [-0.05, 0) is 42.4 Å². The van der Waals surface area contributed by atoms with Crippen molar-refractivity contribution in [3.8, 4) is 5.75 Å². The lowest BCUT2D eigenvalue weighted by Gasteiger charge is -2.68. The highest BCUT2D eigenvalue weighted by molar-refractivity contribution is 14.1. The maximum absolute atomic E-state index is 13.3. The van der Waals surface area contributed by atoms with Crippen molar-refractivity contribution in [2.45, 2.75) is 28.1 Å². The predicted molar refractivity (Wildman–Crippen MR) is 65.2 cm³/mol. The lowest BCUT2D eigenvalue weighted by molar-refractivity contribution is 0.0216. The van der Waals surface area contributed by atoms with Gasteiger partial charge in [-0.1, -0.05) is 22.6 Å². The smallest absolute Gasteiger partial charge is 0.127 e. The van der Waals surface area contributed by atoms with Gasteiger partial charge in [-0.15, -0.1) is 0 Å². The molecule has 3 saturated carbocycles. The molecule has 0 saturated heterocycles. The van der Waals surface area contributed by atoms with E-state index < -0.39 is 0 Å². The first kappa shape index (κ1) is 9.87. The van der Waals surface area contributed by atoms with Gasteiger partial charge in [-0.25, -0.2) is 4.39 Å². The van der Waals surface area contributed by atoms with Gasteiger partial charge < -0.3 is 4.74 Å². The van der Waals surface area contributed by atoms with Crippen molar-refractivity contribution >= 4 is 22.6 Å². The summed E-state index contributed by atoms with van der Waals surface area (Å²) < 4.78 is 19.0. The Morgan fingerprint density at radius 1 is 1.27 bits per heavy atom. The van der Waals surface area contributed by atoms with Crippen LogP contribution >= 0.6 is 22.6 Å². The molecule has 0 unspecified atom stereocenters. The van der Waals surface area contributed by atoms with Crippen molar-refractivity contribution in [3.63, 3.8) is 0 Å². The Bertz CT molecular complexity index is 410. The van der Waals surface area contributed by atoms with E-state index in [2.05, 4.69) is 22.6 Å². The summed E-state index contributed by atoms with van der Waals surface area (Å²) in [4.78, 5) is 0. The number of methoxy groups -OCH3 is 1. The molecule has 0 atom stereocenters. The summed E-state index contributed by atoms with van der Waals surface area (Å²) in [6, 6.07) is 5.09. The molecule has 2 bridgehead atoms. The molecule has 3 aliphatic carbocycles. The normalized spacial score (nSPS) is 36.7. The van der Waals surface area contributed by atoms with E-state index in [-0.39, 0.29) is 11.2 Å². The average molecular weight is 318 g/mol. The van der Waals surface area contributed by atoms with E-state index in [1.807, 2.05) is 6.07 Å². The van der Waals surface area contributed by atoms with E-state index in [4.69, 9.17) is 4.74 Å². The summed E-state index contributed by atoms with van der Waals surface area (Å²) in [7, 11) is 1.58. The molecule has 0 aromatic heterocycles. The fourth-order valence-electron chi connectivity index (χ4n) is 2.96. The Balaban J connectivity index is 1.96.